The molecule has 0 bridgehead atoms. The number of phenols is 1. The molecule has 1 amide bonds. The third kappa shape index (κ3) is 4.06. The summed E-state index contributed by atoms with van der Waals surface area (Å²) in [6, 6.07) is 15.6. The van der Waals surface area contributed by atoms with Crippen LogP contribution in [0.2, 0.25) is 0 Å². The number of benzene rings is 2. The molecule has 0 aromatic heterocycles. The molecule has 1 aliphatic heterocycles. The molecule has 5 nitrogen and oxygen atoms in total. The summed E-state index contributed by atoms with van der Waals surface area (Å²) in [5.74, 6) is -0.468. The Hall–Kier alpha value is -2.53. The second-order valence-electron chi connectivity index (χ2n) is 6.28. The number of hydrogen-bond acceptors (Lipinski definition) is 4. The summed E-state index contributed by atoms with van der Waals surface area (Å²) < 4.78 is 0. The van der Waals surface area contributed by atoms with Crippen LogP contribution >= 0.6 is 0 Å². The third-order valence-corrected chi connectivity index (χ3v) is 4.48. The van der Waals surface area contributed by atoms with Crippen LogP contribution in [0.5, 0.6) is 5.75 Å². The van der Waals surface area contributed by atoms with E-state index in [1.807, 2.05) is 6.07 Å². The Balaban J connectivity index is 1.53. The van der Waals surface area contributed by atoms with Gasteiger partial charge in [-0.25, -0.2) is 0 Å². The number of aromatic hydroxyl groups is 1. The number of nitrogens with zero attached hydrogens (tertiary/aromatic N) is 1. The van der Waals surface area contributed by atoms with E-state index < -0.39 is 5.91 Å². The number of nitrogens with one attached hydrogen (secondary N) is 1. The maximum Gasteiger partial charge on any atom is 0.248 e. The molecule has 1 fully saturated rings. The number of carbonyl (C=O) groups is 1. The summed E-state index contributed by atoms with van der Waals surface area (Å²) in [7, 11) is 0. The van der Waals surface area contributed by atoms with Crippen LogP contribution in [0.1, 0.15) is 28.8 Å². The number of amides is 1. The highest BCUT2D eigenvalue weighted by Crippen LogP contribution is 2.27. The van der Waals surface area contributed by atoms with E-state index in [-0.39, 0.29) is 5.75 Å². The van der Waals surface area contributed by atoms with E-state index in [0.29, 0.717) is 17.3 Å². The van der Waals surface area contributed by atoms with Crippen molar-refractivity contribution in [2.45, 2.75) is 25.4 Å². The fourth-order valence-electron chi connectivity index (χ4n) is 3.10. The fourth-order valence-corrected chi connectivity index (χ4v) is 3.10. The maximum absolute atomic E-state index is 11.1. The van der Waals surface area contributed by atoms with Crippen LogP contribution in [0.3, 0.4) is 0 Å². The average molecular weight is 325 g/mol. The molecule has 24 heavy (non-hydrogen) atoms. The van der Waals surface area contributed by atoms with E-state index in [0.717, 1.165) is 32.5 Å². The highest BCUT2D eigenvalue weighted by molar-refractivity contribution is 5.93. The van der Waals surface area contributed by atoms with Crippen molar-refractivity contribution < 1.29 is 9.90 Å². The number of likely N-dealkylation sites (tertiary alicyclic amines) is 1. The number of anilines is 1. The van der Waals surface area contributed by atoms with E-state index in [2.05, 4.69) is 34.5 Å². The van der Waals surface area contributed by atoms with E-state index in [1.54, 1.807) is 12.1 Å². The number of phenolic OH excluding ortho intramolecular Hbond substituents is 1. The first-order valence-electron chi connectivity index (χ1n) is 8.27. The van der Waals surface area contributed by atoms with Gasteiger partial charge in [0.25, 0.3) is 0 Å². The van der Waals surface area contributed by atoms with Gasteiger partial charge in [0.05, 0.1) is 5.69 Å². The van der Waals surface area contributed by atoms with Gasteiger partial charge in [-0.05, 0) is 36.6 Å². The molecule has 0 saturated carbocycles. The Labute approximate surface area is 142 Å². The summed E-state index contributed by atoms with van der Waals surface area (Å²) in [4.78, 5) is 13.6. The van der Waals surface area contributed by atoms with Crippen molar-refractivity contribution in [2.75, 3.05) is 18.4 Å². The quantitative estimate of drug-likeness (QED) is 0.738. The van der Waals surface area contributed by atoms with Gasteiger partial charge < -0.3 is 16.2 Å². The van der Waals surface area contributed by atoms with Gasteiger partial charge >= 0.3 is 0 Å². The molecule has 0 aliphatic carbocycles. The first-order chi connectivity index (χ1) is 11.6. The van der Waals surface area contributed by atoms with Crippen molar-refractivity contribution in [2.24, 2.45) is 5.73 Å². The Kier molecular flexibility index (Phi) is 5.01. The maximum atomic E-state index is 11.1. The van der Waals surface area contributed by atoms with Gasteiger partial charge in [-0.2, -0.15) is 0 Å². The number of piperidine rings is 1. The largest absolute Gasteiger partial charge is 0.506 e. The lowest BCUT2D eigenvalue weighted by Gasteiger charge is -2.33. The molecule has 0 unspecified atom stereocenters. The Morgan fingerprint density at radius 2 is 1.88 bits per heavy atom. The summed E-state index contributed by atoms with van der Waals surface area (Å²) in [5.41, 5.74) is 7.53. The van der Waals surface area contributed by atoms with Crippen LogP contribution in [-0.2, 0) is 6.54 Å². The first kappa shape index (κ1) is 16.3. The van der Waals surface area contributed by atoms with Crippen molar-refractivity contribution in [1.29, 1.82) is 0 Å². The molecule has 4 N–H and O–H groups in total. The van der Waals surface area contributed by atoms with E-state index in [9.17, 15) is 9.90 Å². The minimum atomic E-state index is -0.536. The van der Waals surface area contributed by atoms with E-state index in [4.69, 9.17) is 5.73 Å². The van der Waals surface area contributed by atoms with Crippen LogP contribution in [0, 0.1) is 0 Å². The van der Waals surface area contributed by atoms with Crippen molar-refractivity contribution in [3.8, 4) is 5.75 Å². The molecular weight excluding hydrogens is 302 g/mol. The fraction of sp³-hybridized carbons (Fsp3) is 0.316. The van der Waals surface area contributed by atoms with Crippen LogP contribution < -0.4 is 11.1 Å². The number of rotatable bonds is 5. The topological polar surface area (TPSA) is 78.6 Å². The molecule has 2 aromatic carbocycles. The van der Waals surface area contributed by atoms with Gasteiger partial charge in [-0.15, -0.1) is 0 Å². The predicted octanol–water partition coefficient (Wildman–Crippen LogP) is 2.57. The molecule has 126 valence electrons. The van der Waals surface area contributed by atoms with Gasteiger partial charge in [0, 0.05) is 31.2 Å². The lowest BCUT2D eigenvalue weighted by molar-refractivity contribution is 0.1000. The molecule has 0 spiro atoms. The third-order valence-electron chi connectivity index (χ3n) is 4.48. The molecular formula is C19H23N3O2. The zero-order chi connectivity index (χ0) is 16.9. The summed E-state index contributed by atoms with van der Waals surface area (Å²) >= 11 is 0. The zero-order valence-electron chi connectivity index (χ0n) is 13.6. The number of primary amides is 1. The van der Waals surface area contributed by atoms with E-state index in [1.165, 1.54) is 11.6 Å². The normalized spacial score (nSPS) is 16.0. The molecule has 2 aromatic rings. The highest BCUT2D eigenvalue weighted by atomic mass is 16.3. The minimum absolute atomic E-state index is 0.0676. The molecule has 1 heterocycles. The Bertz CT molecular complexity index is 695. The second-order valence-corrected chi connectivity index (χ2v) is 6.28. The lowest BCUT2D eigenvalue weighted by atomic mass is 10.0. The Morgan fingerprint density at radius 3 is 2.50 bits per heavy atom. The monoisotopic (exact) mass is 325 g/mol. The first-order valence-corrected chi connectivity index (χ1v) is 8.27. The smallest absolute Gasteiger partial charge is 0.248 e. The minimum Gasteiger partial charge on any atom is -0.506 e. The Morgan fingerprint density at radius 1 is 1.17 bits per heavy atom. The summed E-state index contributed by atoms with van der Waals surface area (Å²) in [6.45, 7) is 3.02. The summed E-state index contributed by atoms with van der Waals surface area (Å²) in [5, 5.41) is 13.4. The van der Waals surface area contributed by atoms with Gasteiger partial charge in [-0.3, -0.25) is 9.69 Å². The SMILES string of the molecule is NC(=O)c1ccc(NC2CCN(Cc3ccccc3)CC2)c(O)c1. The predicted molar refractivity (Wildman–Crippen MR) is 95.0 cm³/mol. The number of nitrogens with two attached hydrogens (primary N) is 1. The molecule has 3 rings (SSSR count). The molecule has 1 saturated heterocycles. The van der Waals surface area contributed by atoms with Crippen molar-refractivity contribution in [3.63, 3.8) is 0 Å². The lowest BCUT2D eigenvalue weighted by Crippen LogP contribution is -2.38. The number of hydrogen-bond donors (Lipinski definition) is 3. The molecule has 1 aliphatic rings. The molecule has 0 atom stereocenters. The average Bonchev–Trinajstić information content (AvgIpc) is 2.59. The van der Waals surface area contributed by atoms with Crippen molar-refractivity contribution >= 4 is 11.6 Å². The van der Waals surface area contributed by atoms with Crippen molar-refractivity contribution in [1.82, 2.24) is 4.90 Å². The van der Waals surface area contributed by atoms with Crippen LogP contribution in [-0.4, -0.2) is 35.0 Å². The van der Waals surface area contributed by atoms with Gasteiger partial charge in [0.2, 0.25) is 5.91 Å². The van der Waals surface area contributed by atoms with Crippen molar-refractivity contribution in [3.05, 3.63) is 59.7 Å². The standard InChI is InChI=1S/C19H23N3O2/c20-19(24)15-6-7-17(18(23)12-15)21-16-8-10-22(11-9-16)13-14-4-2-1-3-5-14/h1-7,12,16,21,23H,8-11,13H2,(H2,20,24). The summed E-state index contributed by atoms with van der Waals surface area (Å²) in [6.07, 6.45) is 2.04. The second kappa shape index (κ2) is 7.36. The van der Waals surface area contributed by atoms with Crippen LogP contribution in [0.15, 0.2) is 48.5 Å². The zero-order valence-corrected chi connectivity index (χ0v) is 13.6. The molecule has 0 radical (unpaired) electrons. The van der Waals surface area contributed by atoms with Gasteiger partial charge in [0.1, 0.15) is 5.75 Å². The van der Waals surface area contributed by atoms with Crippen LogP contribution in [0.25, 0.3) is 0 Å². The van der Waals surface area contributed by atoms with Gasteiger partial charge in [0.15, 0.2) is 0 Å². The highest BCUT2D eigenvalue weighted by Gasteiger charge is 2.20. The molecule has 5 heteroatoms. The van der Waals surface area contributed by atoms with E-state index >= 15 is 0 Å². The van der Waals surface area contributed by atoms with Crippen LogP contribution in [0.4, 0.5) is 5.69 Å². The number of carbonyl (C=O) groups excluding carboxylic acids is 1. The van der Waals surface area contributed by atoms with Gasteiger partial charge in [-0.1, -0.05) is 30.3 Å².